The predicted octanol–water partition coefficient (Wildman–Crippen LogP) is 0.497. The molecule has 0 bridgehead atoms. The van der Waals surface area contributed by atoms with E-state index in [1.807, 2.05) is 0 Å². The molecular formula is C4H6O2S. The molecule has 0 spiro atoms. The zero-order valence-electron chi connectivity index (χ0n) is 3.96. The molecule has 0 aromatic heterocycles. The normalized spacial score (nSPS) is 12.7. The van der Waals surface area contributed by atoms with Crippen LogP contribution < -0.4 is 0 Å². The molecule has 0 saturated carbocycles. The van der Waals surface area contributed by atoms with Crippen LogP contribution in [0.2, 0.25) is 0 Å². The summed E-state index contributed by atoms with van der Waals surface area (Å²) in [4.78, 5) is 19.3. The molecule has 0 heterocycles. The lowest BCUT2D eigenvalue weighted by Gasteiger charge is -1.88. The molecule has 0 fully saturated rings. The number of thioether (sulfide) groups is 1. The number of hydrogen-bond acceptors (Lipinski definition) is 3. The van der Waals surface area contributed by atoms with E-state index >= 15 is 0 Å². The van der Waals surface area contributed by atoms with Gasteiger partial charge in [0.2, 0.25) is 0 Å². The smallest absolute Gasteiger partial charge is 0.176 e. The van der Waals surface area contributed by atoms with E-state index in [1.54, 1.807) is 6.92 Å². The van der Waals surface area contributed by atoms with Crippen molar-refractivity contribution in [1.82, 2.24) is 0 Å². The Morgan fingerprint density at radius 2 is 2.14 bits per heavy atom. The van der Waals surface area contributed by atoms with E-state index in [0.717, 1.165) is 18.0 Å². The van der Waals surface area contributed by atoms with Gasteiger partial charge in [-0.05, 0) is 6.92 Å². The third-order valence-electron chi connectivity index (χ3n) is 0.462. The van der Waals surface area contributed by atoms with Gasteiger partial charge < -0.3 is 4.79 Å². The molecule has 0 amide bonds. The first kappa shape index (κ1) is 6.69. The number of hydrogen-bond donors (Lipinski definition) is 0. The van der Waals surface area contributed by atoms with Crippen LogP contribution in [-0.4, -0.2) is 17.2 Å². The molecule has 40 valence electrons. The highest BCUT2D eigenvalue weighted by molar-refractivity contribution is 8.12. The number of rotatable bonds is 3. The SMILES string of the molecule is CC(C=O)SC=O. The Balaban J connectivity index is 3.15. The Hall–Kier alpha value is -0.310. The van der Waals surface area contributed by atoms with E-state index in [-0.39, 0.29) is 5.25 Å². The molecule has 0 aliphatic heterocycles. The number of carbonyl (C=O) groups is 2. The summed E-state index contributed by atoms with van der Waals surface area (Å²) in [7, 11) is 0. The van der Waals surface area contributed by atoms with Crippen LogP contribution in [0.1, 0.15) is 6.92 Å². The Bertz CT molecular complexity index is 72.1. The Morgan fingerprint density at radius 3 is 2.29 bits per heavy atom. The fourth-order valence-corrected chi connectivity index (χ4v) is 0.359. The summed E-state index contributed by atoms with van der Waals surface area (Å²) in [5, 5.41) is -0.183. The van der Waals surface area contributed by atoms with Gasteiger partial charge >= 0.3 is 0 Å². The molecule has 0 rings (SSSR count). The Morgan fingerprint density at radius 1 is 1.57 bits per heavy atom. The van der Waals surface area contributed by atoms with Gasteiger partial charge in [0.05, 0.1) is 5.25 Å². The average Bonchev–Trinajstić information content (AvgIpc) is 1.68. The molecule has 1 unspecified atom stereocenters. The van der Waals surface area contributed by atoms with E-state index in [0.29, 0.717) is 5.62 Å². The second-order valence-electron chi connectivity index (χ2n) is 1.07. The first-order valence-electron chi connectivity index (χ1n) is 1.85. The van der Waals surface area contributed by atoms with Gasteiger partial charge in [-0.3, -0.25) is 4.79 Å². The molecular weight excluding hydrogens is 112 g/mol. The zero-order chi connectivity index (χ0) is 5.70. The predicted molar refractivity (Wildman–Crippen MR) is 29.9 cm³/mol. The maximum Gasteiger partial charge on any atom is 0.176 e. The minimum atomic E-state index is -0.183. The molecule has 7 heavy (non-hydrogen) atoms. The third kappa shape index (κ3) is 3.52. The van der Waals surface area contributed by atoms with Crippen LogP contribution in [0.5, 0.6) is 0 Å². The summed E-state index contributed by atoms with van der Waals surface area (Å²) in [6.07, 6.45) is 0.735. The van der Waals surface area contributed by atoms with E-state index in [1.165, 1.54) is 0 Å². The lowest BCUT2D eigenvalue weighted by Crippen LogP contribution is -1.94. The van der Waals surface area contributed by atoms with Crippen LogP contribution in [0.25, 0.3) is 0 Å². The van der Waals surface area contributed by atoms with Crippen molar-refractivity contribution in [3.63, 3.8) is 0 Å². The van der Waals surface area contributed by atoms with Gasteiger partial charge in [-0.1, -0.05) is 11.8 Å². The second-order valence-corrected chi connectivity index (χ2v) is 2.28. The monoisotopic (exact) mass is 118 g/mol. The molecule has 0 aromatic carbocycles. The van der Waals surface area contributed by atoms with Crippen molar-refractivity contribution in [2.45, 2.75) is 12.2 Å². The average molecular weight is 118 g/mol. The largest absolute Gasteiger partial charge is 0.302 e. The van der Waals surface area contributed by atoms with Crippen molar-refractivity contribution in [2.24, 2.45) is 0 Å². The minimum Gasteiger partial charge on any atom is -0.302 e. The molecule has 1 atom stereocenters. The quantitative estimate of drug-likeness (QED) is 0.506. The van der Waals surface area contributed by atoms with Gasteiger partial charge in [-0.2, -0.15) is 0 Å². The number of carbonyl (C=O) groups excluding carboxylic acids is 2. The van der Waals surface area contributed by atoms with E-state index in [9.17, 15) is 9.59 Å². The van der Waals surface area contributed by atoms with Gasteiger partial charge in [0.25, 0.3) is 0 Å². The van der Waals surface area contributed by atoms with Crippen molar-refractivity contribution in [3.8, 4) is 0 Å². The zero-order valence-corrected chi connectivity index (χ0v) is 4.77. The standard InChI is InChI=1S/C4H6O2S/c1-4(2-5)7-3-6/h2-4H,1H3. The summed E-state index contributed by atoms with van der Waals surface area (Å²) in [6, 6.07) is 0. The third-order valence-corrected chi connectivity index (χ3v) is 1.11. The van der Waals surface area contributed by atoms with Crippen LogP contribution in [0, 0.1) is 0 Å². The summed E-state index contributed by atoms with van der Waals surface area (Å²) in [6.45, 7) is 1.67. The molecule has 0 aliphatic carbocycles. The fourth-order valence-electron chi connectivity index (χ4n) is 0.120. The molecule has 0 aromatic rings. The van der Waals surface area contributed by atoms with Crippen molar-refractivity contribution in [1.29, 1.82) is 0 Å². The first-order valence-corrected chi connectivity index (χ1v) is 2.80. The highest BCUT2D eigenvalue weighted by Gasteiger charge is 1.94. The molecule has 0 radical (unpaired) electrons. The maximum absolute atomic E-state index is 9.72. The summed E-state index contributed by atoms with van der Waals surface area (Å²) >= 11 is 0.983. The van der Waals surface area contributed by atoms with Crippen molar-refractivity contribution in [3.05, 3.63) is 0 Å². The lowest BCUT2D eigenvalue weighted by molar-refractivity contribution is -0.107. The fraction of sp³-hybridized carbons (Fsp3) is 0.500. The molecule has 0 saturated heterocycles. The van der Waals surface area contributed by atoms with Gasteiger partial charge in [-0.15, -0.1) is 0 Å². The van der Waals surface area contributed by atoms with Crippen LogP contribution in [0.15, 0.2) is 0 Å². The summed E-state index contributed by atoms with van der Waals surface area (Å²) in [5.74, 6) is 0. The van der Waals surface area contributed by atoms with Crippen LogP contribution in [-0.2, 0) is 9.59 Å². The van der Waals surface area contributed by atoms with Gasteiger partial charge in [0.1, 0.15) is 6.29 Å². The first-order chi connectivity index (χ1) is 3.31. The highest BCUT2D eigenvalue weighted by Crippen LogP contribution is 2.00. The van der Waals surface area contributed by atoms with Crippen molar-refractivity contribution >= 4 is 23.7 Å². The highest BCUT2D eigenvalue weighted by atomic mass is 32.2. The Labute approximate surface area is 46.3 Å². The van der Waals surface area contributed by atoms with E-state index < -0.39 is 0 Å². The van der Waals surface area contributed by atoms with E-state index in [2.05, 4.69) is 0 Å². The van der Waals surface area contributed by atoms with E-state index in [4.69, 9.17) is 0 Å². The maximum atomic E-state index is 9.72. The van der Waals surface area contributed by atoms with Crippen molar-refractivity contribution in [2.75, 3.05) is 0 Å². The van der Waals surface area contributed by atoms with Gasteiger partial charge in [0, 0.05) is 0 Å². The van der Waals surface area contributed by atoms with Gasteiger partial charge in [0.15, 0.2) is 5.62 Å². The van der Waals surface area contributed by atoms with Crippen LogP contribution >= 0.6 is 11.8 Å². The minimum absolute atomic E-state index is 0.183. The molecule has 0 aliphatic rings. The second kappa shape index (κ2) is 3.87. The topological polar surface area (TPSA) is 34.1 Å². The molecule has 2 nitrogen and oxygen atoms in total. The summed E-state index contributed by atoms with van der Waals surface area (Å²) in [5.41, 5.74) is 0.666. The van der Waals surface area contributed by atoms with Gasteiger partial charge in [-0.25, -0.2) is 0 Å². The Kier molecular flexibility index (Phi) is 3.69. The number of aldehydes is 1. The van der Waals surface area contributed by atoms with Crippen LogP contribution in [0.3, 0.4) is 0 Å². The molecule has 3 heteroatoms. The molecule has 0 N–H and O–H groups in total. The lowest BCUT2D eigenvalue weighted by atomic mass is 10.5. The van der Waals surface area contributed by atoms with Crippen LogP contribution in [0.4, 0.5) is 0 Å². The summed E-state index contributed by atoms with van der Waals surface area (Å²) < 4.78 is 0. The van der Waals surface area contributed by atoms with Crippen molar-refractivity contribution < 1.29 is 9.59 Å².